The lowest BCUT2D eigenvalue weighted by atomic mass is 9.78. The molecule has 2 unspecified atom stereocenters. The smallest absolute Gasteiger partial charge is 0.284 e. The number of likely N-dealkylation sites (N-methyl/N-ethyl adjacent to an activating group) is 1. The van der Waals surface area contributed by atoms with Crippen LogP contribution in [0.25, 0.3) is 0 Å². The number of hydrogen-bond donors (Lipinski definition) is 2. The molecule has 4 nitrogen and oxygen atoms in total. The van der Waals surface area contributed by atoms with E-state index in [1.165, 1.54) is 44.1 Å². The minimum absolute atomic E-state index is 0.0633. The van der Waals surface area contributed by atoms with Crippen molar-refractivity contribution < 1.29 is 9.28 Å². The number of rotatable bonds is 8. The molecule has 40 heavy (non-hydrogen) atoms. The molecule has 2 aliphatic rings. The largest absolute Gasteiger partial charge is 0.422 e. The molecule has 0 aromatic heterocycles. The van der Waals surface area contributed by atoms with Crippen LogP contribution >= 0.6 is 0 Å². The van der Waals surface area contributed by atoms with Crippen molar-refractivity contribution in [1.82, 2.24) is 0 Å². The monoisotopic (exact) mass is 540 g/mol. The van der Waals surface area contributed by atoms with Crippen LogP contribution in [0.1, 0.15) is 87.8 Å². The number of quaternary nitrogens is 1. The summed E-state index contributed by atoms with van der Waals surface area (Å²) in [6.07, 6.45) is 17.6. The van der Waals surface area contributed by atoms with Gasteiger partial charge in [-0.15, -0.1) is 0 Å². The molecule has 0 aliphatic heterocycles. The van der Waals surface area contributed by atoms with Gasteiger partial charge >= 0.3 is 6.03 Å². The molecule has 3 N–H and O–H groups in total. The first-order valence-electron chi connectivity index (χ1n) is 15.6. The average molecular weight is 541 g/mol. The minimum Gasteiger partial charge on any atom is -0.284 e. The Kier molecular flexibility index (Phi) is 11.8. The van der Waals surface area contributed by atoms with Crippen LogP contribution in [-0.2, 0) is 6.42 Å². The summed E-state index contributed by atoms with van der Waals surface area (Å²) in [5.74, 6) is 2.24. The molecular weight excluding hydrogens is 490 g/mol. The van der Waals surface area contributed by atoms with Gasteiger partial charge in [-0.1, -0.05) is 143 Å². The summed E-state index contributed by atoms with van der Waals surface area (Å²) in [5.41, 5.74) is 9.21. The molecule has 3 aromatic carbocycles. The second-order valence-electron chi connectivity index (χ2n) is 12.1. The molecule has 214 valence electrons. The minimum atomic E-state index is -0.117. The molecule has 3 aromatic rings. The van der Waals surface area contributed by atoms with Gasteiger partial charge in [0.1, 0.15) is 12.7 Å². The first-order chi connectivity index (χ1) is 19.6. The number of nitrogens with zero attached hydrogens (tertiary/aromatic N) is 1. The van der Waals surface area contributed by atoms with Gasteiger partial charge < -0.3 is 0 Å². The lowest BCUT2D eigenvalue weighted by Gasteiger charge is -2.38. The van der Waals surface area contributed by atoms with Gasteiger partial charge in [0.15, 0.2) is 0 Å². The van der Waals surface area contributed by atoms with Crippen LogP contribution in [0, 0.1) is 11.8 Å². The highest BCUT2D eigenvalue weighted by Crippen LogP contribution is 2.35. The zero-order chi connectivity index (χ0) is 28.0. The highest BCUT2D eigenvalue weighted by molar-refractivity contribution is 5.84. The van der Waals surface area contributed by atoms with Crippen LogP contribution < -0.4 is 11.1 Å². The van der Waals surface area contributed by atoms with Gasteiger partial charge in [0.25, 0.3) is 0 Å². The van der Waals surface area contributed by atoms with Crippen molar-refractivity contribution in [3.63, 3.8) is 0 Å². The van der Waals surface area contributed by atoms with E-state index in [0.29, 0.717) is 0 Å². The quantitative estimate of drug-likeness (QED) is 0.221. The number of amides is 2. The SMILES string of the molecule is C1CCC(CC2CCCCC2)CC1.C[N+](CN)(C(=O)Nc1ccccc1)C(Cc1ccccc1)c1ccccc1. The van der Waals surface area contributed by atoms with Gasteiger partial charge in [0.2, 0.25) is 0 Å². The van der Waals surface area contributed by atoms with E-state index in [-0.39, 0.29) is 23.2 Å². The Balaban J connectivity index is 0.000000236. The molecule has 2 fully saturated rings. The van der Waals surface area contributed by atoms with Gasteiger partial charge in [-0.2, -0.15) is 0 Å². The molecule has 2 aliphatic carbocycles. The summed E-state index contributed by atoms with van der Waals surface area (Å²) in [6, 6.07) is 29.6. The normalized spacial score (nSPS) is 18.6. The number of anilines is 1. The number of urea groups is 1. The zero-order valence-electron chi connectivity index (χ0n) is 24.5. The molecule has 2 atom stereocenters. The fourth-order valence-electron chi connectivity index (χ4n) is 6.60. The third-order valence-electron chi connectivity index (χ3n) is 9.13. The Hall–Kier alpha value is -2.95. The fourth-order valence-corrected chi connectivity index (χ4v) is 6.60. The molecule has 0 radical (unpaired) electrons. The van der Waals surface area contributed by atoms with Crippen LogP contribution in [-0.4, -0.2) is 24.2 Å². The van der Waals surface area contributed by atoms with Crippen molar-refractivity contribution >= 4 is 11.7 Å². The lowest BCUT2D eigenvalue weighted by molar-refractivity contribution is -0.860. The topological polar surface area (TPSA) is 55.1 Å². The van der Waals surface area contributed by atoms with E-state index in [9.17, 15) is 4.79 Å². The number of carbonyl (C=O) groups excluding carboxylic acids is 1. The third kappa shape index (κ3) is 8.78. The van der Waals surface area contributed by atoms with Gasteiger partial charge in [-0.05, 0) is 36.0 Å². The van der Waals surface area contributed by atoms with Crippen molar-refractivity contribution in [2.75, 3.05) is 19.0 Å². The Morgan fingerprint density at radius 1 is 0.750 bits per heavy atom. The lowest BCUT2D eigenvalue weighted by Crippen LogP contribution is -2.57. The number of nitrogens with two attached hydrogens (primary N) is 1. The highest BCUT2D eigenvalue weighted by atomic mass is 16.2. The summed E-state index contributed by atoms with van der Waals surface area (Å²) in [4.78, 5) is 13.3. The van der Waals surface area contributed by atoms with Crippen LogP contribution in [0.3, 0.4) is 0 Å². The molecule has 5 rings (SSSR count). The second-order valence-corrected chi connectivity index (χ2v) is 12.1. The molecule has 0 heterocycles. The highest BCUT2D eigenvalue weighted by Gasteiger charge is 2.40. The number of benzene rings is 3. The molecule has 2 saturated carbocycles. The van der Waals surface area contributed by atoms with E-state index in [0.717, 1.165) is 29.5 Å². The van der Waals surface area contributed by atoms with Crippen molar-refractivity contribution in [2.24, 2.45) is 17.6 Å². The third-order valence-corrected chi connectivity index (χ3v) is 9.13. The van der Waals surface area contributed by atoms with Gasteiger partial charge in [-0.25, -0.2) is 9.28 Å². The Bertz CT molecular complexity index is 1090. The predicted molar refractivity (Wildman–Crippen MR) is 168 cm³/mol. The zero-order valence-corrected chi connectivity index (χ0v) is 24.5. The molecular formula is C36H50N3O+. The summed E-state index contributed by atoms with van der Waals surface area (Å²) in [7, 11) is 1.90. The van der Waals surface area contributed by atoms with Crippen LogP contribution in [0.5, 0.6) is 0 Å². The van der Waals surface area contributed by atoms with E-state index in [2.05, 4.69) is 29.6 Å². The van der Waals surface area contributed by atoms with E-state index >= 15 is 0 Å². The van der Waals surface area contributed by atoms with Crippen LogP contribution in [0.2, 0.25) is 0 Å². The van der Waals surface area contributed by atoms with E-state index < -0.39 is 0 Å². The van der Waals surface area contributed by atoms with Gasteiger partial charge in [0, 0.05) is 17.7 Å². The van der Waals surface area contributed by atoms with Crippen molar-refractivity contribution in [3.8, 4) is 0 Å². The summed E-state index contributed by atoms with van der Waals surface area (Å²) in [6.45, 7) is 0.199. The van der Waals surface area contributed by atoms with Gasteiger partial charge in [-0.3, -0.25) is 11.1 Å². The van der Waals surface area contributed by atoms with E-state index in [1.54, 1.807) is 32.1 Å². The summed E-state index contributed by atoms with van der Waals surface area (Å²) >= 11 is 0. The maximum absolute atomic E-state index is 13.3. The Morgan fingerprint density at radius 2 is 1.23 bits per heavy atom. The van der Waals surface area contributed by atoms with Gasteiger partial charge in [0.05, 0.1) is 7.05 Å². The van der Waals surface area contributed by atoms with E-state index in [1.807, 2.05) is 73.8 Å². The average Bonchev–Trinajstić information content (AvgIpc) is 3.02. The fraction of sp³-hybridized carbons (Fsp3) is 0.472. The maximum atomic E-state index is 13.3. The number of nitrogens with one attached hydrogen (secondary N) is 1. The van der Waals surface area contributed by atoms with Crippen molar-refractivity contribution in [2.45, 2.75) is 83.1 Å². The first kappa shape index (κ1) is 30.0. The molecule has 0 saturated heterocycles. The maximum Gasteiger partial charge on any atom is 0.422 e. The molecule has 0 spiro atoms. The molecule has 2 amide bonds. The van der Waals surface area contributed by atoms with E-state index in [4.69, 9.17) is 5.73 Å². The van der Waals surface area contributed by atoms with Crippen molar-refractivity contribution in [3.05, 3.63) is 102 Å². The summed E-state index contributed by atoms with van der Waals surface area (Å²) in [5, 5.41) is 3.02. The van der Waals surface area contributed by atoms with Crippen LogP contribution in [0.4, 0.5) is 10.5 Å². The number of para-hydroxylation sites is 1. The number of carbonyl (C=O) groups is 1. The number of hydrogen-bond acceptors (Lipinski definition) is 2. The standard InChI is InChI=1S/C23H25N3O.C13H24/c1-26(18-24,23(27)25-21-15-9-4-10-16-21)22(20-13-7-3-8-14-20)17-19-11-5-2-6-12-19;1-3-7-12(8-4-1)11-13-9-5-2-6-10-13/h2-16,22H,17-18,24H2,1H3;12-13H,1-11H2/p+1. The molecule has 0 bridgehead atoms. The van der Waals surface area contributed by atoms with Crippen LogP contribution in [0.15, 0.2) is 91.0 Å². The Morgan fingerprint density at radius 3 is 1.73 bits per heavy atom. The predicted octanol–water partition coefficient (Wildman–Crippen LogP) is 9.10. The Labute approximate surface area is 242 Å². The van der Waals surface area contributed by atoms with Crippen molar-refractivity contribution in [1.29, 1.82) is 0 Å². The second kappa shape index (κ2) is 15.7. The molecule has 4 heteroatoms. The first-order valence-corrected chi connectivity index (χ1v) is 15.6. The summed E-state index contributed by atoms with van der Waals surface area (Å²) < 4.78 is 0.0633.